The van der Waals surface area contributed by atoms with E-state index in [-0.39, 0.29) is 12.2 Å². The number of carbonyl (C=O) groups excluding carboxylic acids is 1. The summed E-state index contributed by atoms with van der Waals surface area (Å²) in [6, 6.07) is 12.1. The van der Waals surface area contributed by atoms with Gasteiger partial charge in [0.05, 0.1) is 5.56 Å². The van der Waals surface area contributed by atoms with Crippen LogP contribution in [0.3, 0.4) is 0 Å². The summed E-state index contributed by atoms with van der Waals surface area (Å²) < 4.78 is 37.9. The summed E-state index contributed by atoms with van der Waals surface area (Å²) in [5.74, 6) is -0.176. The molecule has 0 aliphatic rings. The topological polar surface area (TPSA) is 17.1 Å². The zero-order chi connectivity index (χ0) is 15.5. The molecule has 0 saturated carbocycles. The molecule has 0 aromatic heterocycles. The zero-order valence-electron chi connectivity index (χ0n) is 11.6. The van der Waals surface area contributed by atoms with Crippen molar-refractivity contribution >= 4 is 5.78 Å². The first-order valence-electron chi connectivity index (χ1n) is 6.68. The van der Waals surface area contributed by atoms with Crippen LogP contribution in [-0.2, 0) is 19.0 Å². The maximum Gasteiger partial charge on any atom is 0.416 e. The van der Waals surface area contributed by atoms with Crippen LogP contribution in [0.25, 0.3) is 0 Å². The minimum absolute atomic E-state index is 0.0307. The van der Waals surface area contributed by atoms with Crippen LogP contribution >= 0.6 is 0 Å². The van der Waals surface area contributed by atoms with Crippen molar-refractivity contribution in [3.63, 3.8) is 0 Å². The van der Waals surface area contributed by atoms with E-state index in [1.54, 1.807) is 18.2 Å². The van der Waals surface area contributed by atoms with Gasteiger partial charge in [-0.3, -0.25) is 4.79 Å². The number of hydrogen-bond donors (Lipinski definition) is 0. The quantitative estimate of drug-likeness (QED) is 0.747. The van der Waals surface area contributed by atoms with E-state index in [1.165, 1.54) is 12.1 Å². The first-order valence-corrected chi connectivity index (χ1v) is 6.68. The molecule has 4 heteroatoms. The molecule has 2 aromatic rings. The minimum atomic E-state index is -4.39. The Balaban J connectivity index is 2.19. The van der Waals surface area contributed by atoms with Crippen LogP contribution in [0.5, 0.6) is 0 Å². The largest absolute Gasteiger partial charge is 0.416 e. The van der Waals surface area contributed by atoms with Crippen molar-refractivity contribution in [3.8, 4) is 0 Å². The van der Waals surface area contributed by atoms with Gasteiger partial charge in [0.15, 0.2) is 5.78 Å². The lowest BCUT2D eigenvalue weighted by molar-refractivity contribution is -0.137. The molecule has 2 rings (SSSR count). The molecule has 110 valence electrons. The molecule has 0 fully saturated rings. The Morgan fingerprint density at radius 3 is 2.33 bits per heavy atom. The molecule has 0 bridgehead atoms. The standard InChI is InChI=1S/C17H15F3O/c1-2-12-5-3-7-14(9-12)16(21)11-13-6-4-8-15(10-13)17(18,19)20/h3-10H,2,11H2,1H3. The van der Waals surface area contributed by atoms with Crippen molar-refractivity contribution in [2.75, 3.05) is 0 Å². The Hall–Kier alpha value is -2.10. The van der Waals surface area contributed by atoms with Crippen LogP contribution in [0.15, 0.2) is 48.5 Å². The van der Waals surface area contributed by atoms with Gasteiger partial charge >= 0.3 is 6.18 Å². The van der Waals surface area contributed by atoms with E-state index in [0.29, 0.717) is 11.1 Å². The van der Waals surface area contributed by atoms with Crippen molar-refractivity contribution in [1.29, 1.82) is 0 Å². The van der Waals surface area contributed by atoms with Crippen molar-refractivity contribution in [1.82, 2.24) is 0 Å². The molecular weight excluding hydrogens is 277 g/mol. The van der Waals surface area contributed by atoms with Crippen LogP contribution in [0, 0.1) is 0 Å². The average molecular weight is 292 g/mol. The fourth-order valence-corrected chi connectivity index (χ4v) is 2.11. The second-order valence-corrected chi connectivity index (χ2v) is 4.85. The number of benzene rings is 2. The van der Waals surface area contributed by atoms with Gasteiger partial charge in [-0.1, -0.05) is 43.3 Å². The maximum atomic E-state index is 12.6. The summed E-state index contributed by atoms with van der Waals surface area (Å²) in [5.41, 5.74) is 1.21. The van der Waals surface area contributed by atoms with E-state index < -0.39 is 11.7 Å². The van der Waals surface area contributed by atoms with E-state index in [1.807, 2.05) is 13.0 Å². The molecule has 1 nitrogen and oxygen atoms in total. The van der Waals surface area contributed by atoms with E-state index in [9.17, 15) is 18.0 Å². The number of halogens is 3. The molecule has 0 unspecified atom stereocenters. The molecule has 0 amide bonds. The number of Topliss-reactive ketones (excluding diaryl/α,β-unsaturated/α-hetero) is 1. The summed E-state index contributed by atoms with van der Waals surface area (Å²) >= 11 is 0. The molecule has 2 aromatic carbocycles. The Bertz CT molecular complexity index is 644. The second-order valence-electron chi connectivity index (χ2n) is 4.85. The lowest BCUT2D eigenvalue weighted by atomic mass is 9.99. The highest BCUT2D eigenvalue weighted by Crippen LogP contribution is 2.29. The molecule has 0 radical (unpaired) electrons. The fraction of sp³-hybridized carbons (Fsp3) is 0.235. The minimum Gasteiger partial charge on any atom is -0.294 e. The SMILES string of the molecule is CCc1cccc(C(=O)Cc2cccc(C(F)(F)F)c2)c1. The van der Waals surface area contributed by atoms with Gasteiger partial charge in [0.25, 0.3) is 0 Å². The molecule has 0 aliphatic heterocycles. The van der Waals surface area contributed by atoms with Gasteiger partial charge in [-0.2, -0.15) is 13.2 Å². The van der Waals surface area contributed by atoms with Crippen molar-refractivity contribution < 1.29 is 18.0 Å². The van der Waals surface area contributed by atoms with Gasteiger partial charge in [-0.05, 0) is 29.7 Å². The monoisotopic (exact) mass is 292 g/mol. The predicted molar refractivity (Wildman–Crippen MR) is 75.3 cm³/mol. The summed E-state index contributed by atoms with van der Waals surface area (Å²) in [6.07, 6.45) is -3.61. The summed E-state index contributed by atoms with van der Waals surface area (Å²) in [6.45, 7) is 1.98. The number of ketones is 1. The third-order valence-corrected chi connectivity index (χ3v) is 3.28. The normalized spacial score (nSPS) is 11.4. The number of alkyl halides is 3. The summed E-state index contributed by atoms with van der Waals surface area (Å²) in [4.78, 5) is 12.2. The van der Waals surface area contributed by atoms with Crippen molar-refractivity contribution in [2.24, 2.45) is 0 Å². The van der Waals surface area contributed by atoms with Gasteiger partial charge in [0, 0.05) is 12.0 Å². The van der Waals surface area contributed by atoms with Crippen molar-refractivity contribution in [3.05, 3.63) is 70.8 Å². The highest BCUT2D eigenvalue weighted by Gasteiger charge is 2.30. The molecular formula is C17H15F3O. The Morgan fingerprint density at radius 1 is 1.00 bits per heavy atom. The van der Waals surface area contributed by atoms with Crippen LogP contribution in [0.1, 0.15) is 34.0 Å². The highest BCUT2D eigenvalue weighted by atomic mass is 19.4. The number of carbonyl (C=O) groups is 1. The van der Waals surface area contributed by atoms with Gasteiger partial charge in [-0.15, -0.1) is 0 Å². The molecule has 0 atom stereocenters. The molecule has 0 spiro atoms. The van der Waals surface area contributed by atoms with Gasteiger partial charge in [0.2, 0.25) is 0 Å². The van der Waals surface area contributed by atoms with Gasteiger partial charge < -0.3 is 0 Å². The zero-order valence-corrected chi connectivity index (χ0v) is 11.6. The number of hydrogen-bond acceptors (Lipinski definition) is 1. The lowest BCUT2D eigenvalue weighted by Gasteiger charge is -2.08. The van der Waals surface area contributed by atoms with E-state index in [2.05, 4.69) is 0 Å². The third-order valence-electron chi connectivity index (χ3n) is 3.28. The lowest BCUT2D eigenvalue weighted by Crippen LogP contribution is -2.08. The maximum absolute atomic E-state index is 12.6. The predicted octanol–water partition coefficient (Wildman–Crippen LogP) is 4.69. The van der Waals surface area contributed by atoms with Crippen LogP contribution in [0.2, 0.25) is 0 Å². The summed E-state index contributed by atoms with van der Waals surface area (Å²) in [5, 5.41) is 0. The Kier molecular flexibility index (Phi) is 4.46. The Labute approximate surface area is 121 Å². The molecule has 0 N–H and O–H groups in total. The molecule has 0 heterocycles. The fourth-order valence-electron chi connectivity index (χ4n) is 2.11. The van der Waals surface area contributed by atoms with Crippen LogP contribution in [-0.4, -0.2) is 5.78 Å². The molecule has 0 saturated heterocycles. The number of rotatable bonds is 4. The first kappa shape index (κ1) is 15.3. The average Bonchev–Trinajstić information content (AvgIpc) is 2.46. The van der Waals surface area contributed by atoms with Crippen LogP contribution in [0.4, 0.5) is 13.2 Å². The van der Waals surface area contributed by atoms with Gasteiger partial charge in [-0.25, -0.2) is 0 Å². The van der Waals surface area contributed by atoms with E-state index >= 15 is 0 Å². The van der Waals surface area contributed by atoms with Crippen LogP contribution < -0.4 is 0 Å². The highest BCUT2D eigenvalue weighted by molar-refractivity contribution is 5.97. The van der Waals surface area contributed by atoms with E-state index in [4.69, 9.17) is 0 Å². The van der Waals surface area contributed by atoms with E-state index in [0.717, 1.165) is 24.1 Å². The Morgan fingerprint density at radius 2 is 1.67 bits per heavy atom. The van der Waals surface area contributed by atoms with Gasteiger partial charge in [0.1, 0.15) is 0 Å². The van der Waals surface area contributed by atoms with Crippen molar-refractivity contribution in [2.45, 2.75) is 25.9 Å². The summed E-state index contributed by atoms with van der Waals surface area (Å²) in [7, 11) is 0. The smallest absolute Gasteiger partial charge is 0.294 e. The second kappa shape index (κ2) is 6.12. The molecule has 0 aliphatic carbocycles. The first-order chi connectivity index (χ1) is 9.90. The number of aryl methyl sites for hydroxylation is 1. The third kappa shape index (κ3) is 3.94. The molecule has 21 heavy (non-hydrogen) atoms.